The lowest BCUT2D eigenvalue weighted by atomic mass is 10.1. The SMILES string of the molecule is CCCc1nnc(NC(=O)CSc2nnc(CC(=O)Nc3ccc(C)c(C)c3)n2C)s1. The van der Waals surface area contributed by atoms with Gasteiger partial charge in [0, 0.05) is 19.2 Å². The number of hydrogen-bond acceptors (Lipinski definition) is 8. The first-order valence-electron chi connectivity index (χ1n) is 9.86. The van der Waals surface area contributed by atoms with Gasteiger partial charge in [0.15, 0.2) is 5.16 Å². The van der Waals surface area contributed by atoms with E-state index in [1.165, 1.54) is 28.7 Å². The van der Waals surface area contributed by atoms with Crippen molar-refractivity contribution in [3.05, 3.63) is 40.2 Å². The molecular weight excluding hydrogens is 434 g/mol. The Bertz CT molecular complexity index is 1080. The van der Waals surface area contributed by atoms with Gasteiger partial charge in [-0.25, -0.2) is 0 Å². The highest BCUT2D eigenvalue weighted by Crippen LogP contribution is 2.20. The molecule has 0 atom stereocenters. The van der Waals surface area contributed by atoms with Crippen molar-refractivity contribution in [1.29, 1.82) is 0 Å². The number of aromatic nitrogens is 5. The second-order valence-corrected chi connectivity index (χ2v) is 9.07. The standard InChI is InChI=1S/C20H25N7O2S2/c1-5-6-18-24-25-19(31-18)22-17(29)11-30-20-26-23-15(27(20)4)10-16(28)21-14-8-7-12(2)13(3)9-14/h7-9H,5-6,10-11H2,1-4H3,(H,21,28)(H,22,25,29). The van der Waals surface area contributed by atoms with Crippen molar-refractivity contribution in [2.24, 2.45) is 7.05 Å². The summed E-state index contributed by atoms with van der Waals surface area (Å²) in [7, 11) is 1.78. The van der Waals surface area contributed by atoms with E-state index >= 15 is 0 Å². The molecule has 0 aliphatic carbocycles. The highest BCUT2D eigenvalue weighted by Gasteiger charge is 2.15. The van der Waals surface area contributed by atoms with Gasteiger partial charge in [-0.2, -0.15) is 0 Å². The fraction of sp³-hybridized carbons (Fsp3) is 0.400. The fourth-order valence-electron chi connectivity index (χ4n) is 2.70. The minimum absolute atomic E-state index is 0.0914. The zero-order chi connectivity index (χ0) is 22.4. The van der Waals surface area contributed by atoms with Gasteiger partial charge in [0.05, 0.1) is 12.2 Å². The molecule has 3 rings (SSSR count). The van der Waals surface area contributed by atoms with Gasteiger partial charge in [-0.1, -0.05) is 36.1 Å². The van der Waals surface area contributed by atoms with E-state index in [0.29, 0.717) is 16.1 Å². The van der Waals surface area contributed by atoms with E-state index in [4.69, 9.17) is 0 Å². The summed E-state index contributed by atoms with van der Waals surface area (Å²) in [5, 5.41) is 23.8. The third-order valence-corrected chi connectivity index (χ3v) is 6.46. The molecule has 0 saturated heterocycles. The molecule has 0 unspecified atom stereocenters. The molecule has 2 heterocycles. The van der Waals surface area contributed by atoms with Crippen LogP contribution < -0.4 is 10.6 Å². The van der Waals surface area contributed by atoms with Gasteiger partial charge in [-0.15, -0.1) is 20.4 Å². The zero-order valence-corrected chi connectivity index (χ0v) is 19.6. The van der Waals surface area contributed by atoms with Crippen LogP contribution in [0, 0.1) is 13.8 Å². The average Bonchev–Trinajstić information content (AvgIpc) is 3.30. The number of nitrogens with one attached hydrogen (secondary N) is 2. The maximum atomic E-state index is 12.4. The Balaban J connectivity index is 1.51. The molecule has 0 spiro atoms. The smallest absolute Gasteiger partial charge is 0.236 e. The van der Waals surface area contributed by atoms with Crippen LogP contribution in [0.25, 0.3) is 0 Å². The average molecular weight is 460 g/mol. The second kappa shape index (κ2) is 10.5. The molecule has 0 aliphatic rings. The third kappa shape index (κ3) is 6.34. The number of anilines is 2. The van der Waals surface area contributed by atoms with E-state index in [-0.39, 0.29) is 24.0 Å². The monoisotopic (exact) mass is 459 g/mol. The van der Waals surface area contributed by atoms with Gasteiger partial charge >= 0.3 is 0 Å². The summed E-state index contributed by atoms with van der Waals surface area (Å²) in [5.41, 5.74) is 3.04. The number of rotatable bonds is 9. The van der Waals surface area contributed by atoms with Crippen LogP contribution in [0.5, 0.6) is 0 Å². The Morgan fingerprint density at radius 1 is 1.06 bits per heavy atom. The Labute approximate surface area is 189 Å². The molecule has 0 fully saturated rings. The number of nitrogens with zero attached hydrogens (tertiary/aromatic N) is 5. The highest BCUT2D eigenvalue weighted by molar-refractivity contribution is 7.99. The third-order valence-electron chi connectivity index (χ3n) is 4.54. The summed E-state index contributed by atoms with van der Waals surface area (Å²) in [6.45, 7) is 6.10. The zero-order valence-electron chi connectivity index (χ0n) is 17.9. The van der Waals surface area contributed by atoms with Crippen molar-refractivity contribution < 1.29 is 9.59 Å². The minimum atomic E-state index is -0.193. The molecule has 2 amide bonds. The molecule has 2 N–H and O–H groups in total. The lowest BCUT2D eigenvalue weighted by Crippen LogP contribution is -2.17. The van der Waals surface area contributed by atoms with Gasteiger partial charge in [0.2, 0.25) is 16.9 Å². The van der Waals surface area contributed by atoms with Crippen molar-refractivity contribution in [2.75, 3.05) is 16.4 Å². The predicted molar refractivity (Wildman–Crippen MR) is 123 cm³/mol. The minimum Gasteiger partial charge on any atom is -0.326 e. The summed E-state index contributed by atoms with van der Waals surface area (Å²) in [6.07, 6.45) is 1.92. The molecule has 31 heavy (non-hydrogen) atoms. The number of carbonyl (C=O) groups is 2. The van der Waals surface area contributed by atoms with E-state index < -0.39 is 0 Å². The molecule has 0 aliphatic heterocycles. The molecule has 0 bridgehead atoms. The first-order chi connectivity index (χ1) is 14.9. The maximum Gasteiger partial charge on any atom is 0.236 e. The Morgan fingerprint density at radius 3 is 2.61 bits per heavy atom. The first kappa shape index (κ1) is 22.9. The Kier molecular flexibility index (Phi) is 7.75. The lowest BCUT2D eigenvalue weighted by Gasteiger charge is -2.08. The Morgan fingerprint density at radius 2 is 1.87 bits per heavy atom. The van der Waals surface area contributed by atoms with Crippen LogP contribution in [0.1, 0.15) is 35.3 Å². The van der Waals surface area contributed by atoms with E-state index in [9.17, 15) is 9.59 Å². The number of amides is 2. The summed E-state index contributed by atoms with van der Waals surface area (Å²) in [6, 6.07) is 5.78. The van der Waals surface area contributed by atoms with Gasteiger partial charge in [-0.05, 0) is 43.5 Å². The topological polar surface area (TPSA) is 115 Å². The van der Waals surface area contributed by atoms with Crippen molar-refractivity contribution in [3.63, 3.8) is 0 Å². The summed E-state index contributed by atoms with van der Waals surface area (Å²) in [4.78, 5) is 24.6. The molecule has 0 radical (unpaired) electrons. The molecular formula is C20H25N7O2S2. The van der Waals surface area contributed by atoms with Crippen LogP contribution >= 0.6 is 23.1 Å². The molecule has 9 nitrogen and oxygen atoms in total. The number of hydrogen-bond donors (Lipinski definition) is 2. The largest absolute Gasteiger partial charge is 0.326 e. The maximum absolute atomic E-state index is 12.4. The van der Waals surface area contributed by atoms with Crippen molar-refractivity contribution >= 4 is 45.7 Å². The molecule has 2 aromatic heterocycles. The van der Waals surface area contributed by atoms with E-state index in [1.54, 1.807) is 11.6 Å². The van der Waals surface area contributed by atoms with Crippen LogP contribution in [0.2, 0.25) is 0 Å². The van der Waals surface area contributed by atoms with E-state index in [1.807, 2.05) is 32.0 Å². The van der Waals surface area contributed by atoms with Gasteiger partial charge in [0.25, 0.3) is 0 Å². The first-order valence-corrected chi connectivity index (χ1v) is 11.7. The van der Waals surface area contributed by atoms with Crippen molar-refractivity contribution in [2.45, 2.75) is 45.2 Å². The van der Waals surface area contributed by atoms with E-state index in [2.05, 4.69) is 38.0 Å². The molecule has 3 aromatic rings. The number of thioether (sulfide) groups is 1. The molecule has 11 heteroatoms. The van der Waals surface area contributed by atoms with Crippen LogP contribution in [-0.4, -0.2) is 42.5 Å². The number of aryl methyl sites for hydroxylation is 3. The summed E-state index contributed by atoms with van der Waals surface area (Å²) < 4.78 is 1.72. The lowest BCUT2D eigenvalue weighted by molar-refractivity contribution is -0.116. The normalized spacial score (nSPS) is 10.8. The summed E-state index contributed by atoms with van der Waals surface area (Å²) in [5.74, 6) is 0.315. The van der Waals surface area contributed by atoms with Crippen LogP contribution in [0.15, 0.2) is 23.4 Å². The molecule has 164 valence electrons. The highest BCUT2D eigenvalue weighted by atomic mass is 32.2. The predicted octanol–water partition coefficient (Wildman–Crippen LogP) is 3.15. The quantitative estimate of drug-likeness (QED) is 0.472. The van der Waals surface area contributed by atoms with Crippen molar-refractivity contribution in [3.8, 4) is 0 Å². The Hall–Kier alpha value is -2.79. The summed E-state index contributed by atoms with van der Waals surface area (Å²) >= 11 is 2.63. The van der Waals surface area contributed by atoms with Crippen LogP contribution in [0.3, 0.4) is 0 Å². The van der Waals surface area contributed by atoms with Crippen LogP contribution in [0.4, 0.5) is 10.8 Å². The van der Waals surface area contributed by atoms with Gasteiger partial charge < -0.3 is 9.88 Å². The fourth-order valence-corrected chi connectivity index (χ4v) is 4.28. The second-order valence-electron chi connectivity index (χ2n) is 7.07. The van der Waals surface area contributed by atoms with Crippen LogP contribution in [-0.2, 0) is 29.5 Å². The number of carbonyl (C=O) groups excluding carboxylic acids is 2. The van der Waals surface area contributed by atoms with Gasteiger partial charge in [-0.3, -0.25) is 14.9 Å². The number of benzene rings is 1. The molecule has 0 saturated carbocycles. The van der Waals surface area contributed by atoms with E-state index in [0.717, 1.165) is 29.1 Å². The van der Waals surface area contributed by atoms with Crippen molar-refractivity contribution in [1.82, 2.24) is 25.0 Å². The molecule has 1 aromatic carbocycles. The van der Waals surface area contributed by atoms with Gasteiger partial charge in [0.1, 0.15) is 10.8 Å².